The Morgan fingerprint density at radius 3 is 2.92 bits per heavy atom. The van der Waals surface area contributed by atoms with Crippen LogP contribution in [-0.2, 0) is 0 Å². The third-order valence-corrected chi connectivity index (χ3v) is 2.02. The van der Waals surface area contributed by atoms with E-state index in [0.717, 1.165) is 19.6 Å². The van der Waals surface area contributed by atoms with Crippen molar-refractivity contribution in [3.63, 3.8) is 0 Å². The van der Waals surface area contributed by atoms with Crippen molar-refractivity contribution in [3.8, 4) is 0 Å². The maximum Gasteiger partial charge on any atom is 0.0553 e. The van der Waals surface area contributed by atoms with Crippen molar-refractivity contribution in [1.29, 1.82) is 0 Å². The molecule has 0 saturated heterocycles. The van der Waals surface area contributed by atoms with E-state index in [2.05, 4.69) is 28.2 Å². The summed E-state index contributed by atoms with van der Waals surface area (Å²) in [6.07, 6.45) is 3.70. The molecule has 3 nitrogen and oxygen atoms in total. The molecule has 0 unspecified atom stereocenters. The van der Waals surface area contributed by atoms with Gasteiger partial charge in [0.05, 0.1) is 11.9 Å². The second kappa shape index (κ2) is 5.54. The average molecular weight is 179 g/mol. The molecule has 1 heterocycles. The molecule has 72 valence electrons. The minimum absolute atomic E-state index is 1.00. The van der Waals surface area contributed by atoms with E-state index < -0.39 is 0 Å². The van der Waals surface area contributed by atoms with Crippen LogP contribution in [0.4, 0.5) is 5.69 Å². The summed E-state index contributed by atoms with van der Waals surface area (Å²) in [6.45, 7) is 5.21. The Balaban J connectivity index is 2.56. The summed E-state index contributed by atoms with van der Waals surface area (Å²) in [5.74, 6) is 0. The minimum Gasteiger partial charge on any atom is -0.369 e. The number of anilines is 1. The highest BCUT2D eigenvalue weighted by molar-refractivity contribution is 5.43. The van der Waals surface area contributed by atoms with Crippen LogP contribution in [0.3, 0.4) is 0 Å². The summed E-state index contributed by atoms with van der Waals surface area (Å²) >= 11 is 0. The molecule has 3 heteroatoms. The molecular formula is C10H17N3. The maximum atomic E-state index is 4.10. The molecule has 1 rings (SSSR count). The van der Waals surface area contributed by atoms with Gasteiger partial charge in [-0.1, -0.05) is 0 Å². The monoisotopic (exact) mass is 179 g/mol. The number of rotatable bonds is 5. The van der Waals surface area contributed by atoms with E-state index in [1.807, 2.05) is 19.3 Å². The van der Waals surface area contributed by atoms with Crippen molar-refractivity contribution in [1.82, 2.24) is 10.3 Å². The quantitative estimate of drug-likeness (QED) is 0.734. The number of hydrogen-bond acceptors (Lipinski definition) is 3. The zero-order chi connectivity index (χ0) is 9.52. The summed E-state index contributed by atoms with van der Waals surface area (Å²) in [5.41, 5.74) is 1.19. The Morgan fingerprint density at radius 2 is 2.38 bits per heavy atom. The van der Waals surface area contributed by atoms with E-state index in [1.165, 1.54) is 5.69 Å². The van der Waals surface area contributed by atoms with Crippen molar-refractivity contribution in [2.24, 2.45) is 0 Å². The minimum atomic E-state index is 1.00. The number of likely N-dealkylation sites (N-methyl/N-ethyl adjacent to an activating group) is 2. The first-order chi connectivity index (χ1) is 6.38. The number of nitrogens with one attached hydrogen (secondary N) is 1. The Kier molecular flexibility index (Phi) is 4.26. The molecule has 0 spiro atoms. The van der Waals surface area contributed by atoms with Gasteiger partial charge >= 0.3 is 0 Å². The summed E-state index contributed by atoms with van der Waals surface area (Å²) in [4.78, 5) is 6.39. The Hall–Kier alpha value is -1.09. The lowest BCUT2D eigenvalue weighted by Gasteiger charge is -2.22. The topological polar surface area (TPSA) is 28.2 Å². The van der Waals surface area contributed by atoms with Crippen LogP contribution in [0.25, 0.3) is 0 Å². The lowest BCUT2D eigenvalue weighted by Crippen LogP contribution is -2.30. The first kappa shape index (κ1) is 9.99. The van der Waals surface area contributed by atoms with Gasteiger partial charge in [0.2, 0.25) is 0 Å². The molecule has 0 aliphatic carbocycles. The molecule has 0 amide bonds. The molecule has 0 radical (unpaired) electrons. The molecule has 1 N–H and O–H groups in total. The fourth-order valence-electron chi connectivity index (χ4n) is 1.26. The van der Waals surface area contributed by atoms with Crippen LogP contribution < -0.4 is 10.2 Å². The number of pyridine rings is 1. The fraction of sp³-hybridized carbons (Fsp3) is 0.500. The zero-order valence-corrected chi connectivity index (χ0v) is 8.33. The van der Waals surface area contributed by atoms with Crippen LogP contribution >= 0.6 is 0 Å². The van der Waals surface area contributed by atoms with Gasteiger partial charge in [0.1, 0.15) is 0 Å². The molecule has 0 bridgehead atoms. The van der Waals surface area contributed by atoms with Gasteiger partial charge in [-0.3, -0.25) is 4.98 Å². The maximum absolute atomic E-state index is 4.10. The van der Waals surface area contributed by atoms with E-state index in [1.54, 1.807) is 6.20 Å². The lowest BCUT2D eigenvalue weighted by atomic mass is 10.3. The van der Waals surface area contributed by atoms with Gasteiger partial charge in [0, 0.05) is 25.8 Å². The largest absolute Gasteiger partial charge is 0.369 e. The molecule has 0 atom stereocenters. The van der Waals surface area contributed by atoms with Gasteiger partial charge < -0.3 is 10.2 Å². The predicted octanol–water partition coefficient (Wildman–Crippen LogP) is 1.13. The van der Waals surface area contributed by atoms with Crippen molar-refractivity contribution >= 4 is 5.69 Å². The highest BCUT2D eigenvalue weighted by Crippen LogP contribution is 2.09. The van der Waals surface area contributed by atoms with Gasteiger partial charge in [-0.15, -0.1) is 0 Å². The van der Waals surface area contributed by atoms with E-state index in [4.69, 9.17) is 0 Å². The third-order valence-electron chi connectivity index (χ3n) is 2.02. The van der Waals surface area contributed by atoms with Crippen LogP contribution in [0.1, 0.15) is 6.92 Å². The first-order valence-corrected chi connectivity index (χ1v) is 4.68. The summed E-state index contributed by atoms with van der Waals surface area (Å²) < 4.78 is 0. The molecule has 1 aromatic heterocycles. The van der Waals surface area contributed by atoms with Crippen molar-refractivity contribution in [2.75, 3.05) is 31.6 Å². The zero-order valence-electron chi connectivity index (χ0n) is 8.33. The molecular weight excluding hydrogens is 162 g/mol. The van der Waals surface area contributed by atoms with E-state index in [9.17, 15) is 0 Å². The summed E-state index contributed by atoms with van der Waals surface area (Å²) in [5, 5.41) is 3.14. The van der Waals surface area contributed by atoms with Crippen LogP contribution in [0.2, 0.25) is 0 Å². The highest BCUT2D eigenvalue weighted by Gasteiger charge is 2.01. The standard InChI is InChI=1S/C10H17N3/c1-3-13(8-7-11-2)10-5-4-6-12-9-10/h4-6,9,11H,3,7-8H2,1-2H3. The second-order valence-corrected chi connectivity index (χ2v) is 2.89. The lowest BCUT2D eigenvalue weighted by molar-refractivity contribution is 0.736. The van der Waals surface area contributed by atoms with Crippen LogP contribution in [0.5, 0.6) is 0 Å². The van der Waals surface area contributed by atoms with Crippen LogP contribution in [0, 0.1) is 0 Å². The van der Waals surface area contributed by atoms with Gasteiger partial charge in [0.15, 0.2) is 0 Å². The average Bonchev–Trinajstić information content (AvgIpc) is 2.21. The Bertz CT molecular complexity index is 223. The van der Waals surface area contributed by atoms with Gasteiger partial charge in [-0.25, -0.2) is 0 Å². The van der Waals surface area contributed by atoms with E-state index in [0.29, 0.717) is 0 Å². The second-order valence-electron chi connectivity index (χ2n) is 2.89. The predicted molar refractivity (Wildman–Crippen MR) is 56.1 cm³/mol. The normalized spacial score (nSPS) is 10.0. The number of hydrogen-bond donors (Lipinski definition) is 1. The molecule has 0 saturated carbocycles. The van der Waals surface area contributed by atoms with Crippen molar-refractivity contribution < 1.29 is 0 Å². The highest BCUT2D eigenvalue weighted by atomic mass is 15.1. The first-order valence-electron chi connectivity index (χ1n) is 4.68. The van der Waals surface area contributed by atoms with E-state index in [-0.39, 0.29) is 0 Å². The molecule has 13 heavy (non-hydrogen) atoms. The summed E-state index contributed by atoms with van der Waals surface area (Å²) in [6, 6.07) is 4.06. The number of nitrogens with zero attached hydrogens (tertiary/aromatic N) is 2. The van der Waals surface area contributed by atoms with Crippen LogP contribution in [0.15, 0.2) is 24.5 Å². The van der Waals surface area contributed by atoms with Crippen molar-refractivity contribution in [3.05, 3.63) is 24.5 Å². The third kappa shape index (κ3) is 3.03. The fourth-order valence-corrected chi connectivity index (χ4v) is 1.26. The van der Waals surface area contributed by atoms with Gasteiger partial charge in [-0.2, -0.15) is 0 Å². The molecule has 0 aliphatic rings. The Labute approximate surface area is 79.8 Å². The van der Waals surface area contributed by atoms with Crippen LogP contribution in [-0.4, -0.2) is 31.7 Å². The molecule has 0 aliphatic heterocycles. The number of aromatic nitrogens is 1. The molecule has 0 aromatic carbocycles. The molecule has 0 fully saturated rings. The van der Waals surface area contributed by atoms with E-state index >= 15 is 0 Å². The Morgan fingerprint density at radius 1 is 1.54 bits per heavy atom. The van der Waals surface area contributed by atoms with Gasteiger partial charge in [-0.05, 0) is 26.1 Å². The molecule has 1 aromatic rings. The van der Waals surface area contributed by atoms with Crippen molar-refractivity contribution in [2.45, 2.75) is 6.92 Å². The smallest absolute Gasteiger partial charge is 0.0553 e. The van der Waals surface area contributed by atoms with Gasteiger partial charge in [0.25, 0.3) is 0 Å². The SMILES string of the molecule is CCN(CCNC)c1cccnc1. The summed E-state index contributed by atoms with van der Waals surface area (Å²) in [7, 11) is 1.97.